The maximum absolute atomic E-state index is 12.8. The molecule has 22 heavy (non-hydrogen) atoms. The summed E-state index contributed by atoms with van der Waals surface area (Å²) in [5.41, 5.74) is 3.02. The lowest BCUT2D eigenvalue weighted by molar-refractivity contribution is -0.179. The average molecular weight is 326 g/mol. The van der Waals surface area contributed by atoms with Crippen molar-refractivity contribution in [2.75, 3.05) is 6.66 Å². The second kappa shape index (κ2) is 6.04. The first-order chi connectivity index (χ1) is 10.5. The van der Waals surface area contributed by atoms with Gasteiger partial charge in [-0.05, 0) is 24.8 Å². The van der Waals surface area contributed by atoms with Gasteiger partial charge in [-0.3, -0.25) is 0 Å². The Kier molecular flexibility index (Phi) is 4.26. The highest BCUT2D eigenvalue weighted by molar-refractivity contribution is 7.36. The summed E-state index contributed by atoms with van der Waals surface area (Å²) in [6, 6.07) is 8.15. The maximum Gasteiger partial charge on any atom is 0.392 e. The molecule has 2 aromatic rings. The van der Waals surface area contributed by atoms with Crippen molar-refractivity contribution in [3.8, 4) is 11.3 Å². The molecule has 0 saturated carbocycles. The average Bonchev–Trinajstić information content (AvgIpc) is 2.90. The number of fused-ring (bicyclic) bond motifs is 1. The molecule has 0 radical (unpaired) electrons. The summed E-state index contributed by atoms with van der Waals surface area (Å²) in [6.45, 7) is 2.55. The van der Waals surface area contributed by atoms with E-state index in [1.807, 2.05) is 22.9 Å². The van der Waals surface area contributed by atoms with Crippen molar-refractivity contribution in [3.05, 3.63) is 41.9 Å². The molecule has 0 N–H and O–H groups in total. The minimum Gasteiger partial charge on any atom is -0.334 e. The smallest absolute Gasteiger partial charge is 0.334 e. The standard InChI is InChI=1S/C16H18F3N2P/c1-22-10-11-2-4-12(5-3-11)14-9-21-7-6-13(16(17,18)19)8-15(21)20-14/h2-5,9,13,22H,6-8,10H2,1H3. The number of benzene rings is 1. The Balaban J connectivity index is 1.82. The molecular formula is C16H18F3N2P. The minimum absolute atomic E-state index is 0.0153. The summed E-state index contributed by atoms with van der Waals surface area (Å²) in [7, 11) is 0.874. The Hall–Kier alpha value is -1.35. The first kappa shape index (κ1) is 15.5. The van der Waals surface area contributed by atoms with Gasteiger partial charge in [0.25, 0.3) is 0 Å². The molecule has 3 rings (SSSR count). The molecule has 0 saturated heterocycles. The van der Waals surface area contributed by atoms with E-state index in [0.29, 0.717) is 12.4 Å². The fraction of sp³-hybridized carbons (Fsp3) is 0.438. The van der Waals surface area contributed by atoms with E-state index in [4.69, 9.17) is 0 Å². The number of imidazole rings is 1. The van der Waals surface area contributed by atoms with Crippen LogP contribution in [0.5, 0.6) is 0 Å². The van der Waals surface area contributed by atoms with Crippen LogP contribution in [0.4, 0.5) is 13.2 Å². The molecule has 0 amide bonds. The number of alkyl halides is 3. The molecule has 2 unspecified atom stereocenters. The molecule has 2 heterocycles. The molecule has 1 aliphatic heterocycles. The Morgan fingerprint density at radius 3 is 2.64 bits per heavy atom. The van der Waals surface area contributed by atoms with E-state index in [1.165, 1.54) is 5.56 Å². The van der Waals surface area contributed by atoms with E-state index < -0.39 is 12.1 Å². The van der Waals surface area contributed by atoms with Crippen LogP contribution in [0, 0.1) is 5.92 Å². The lowest BCUT2D eigenvalue weighted by Gasteiger charge is -2.25. The Morgan fingerprint density at radius 1 is 1.27 bits per heavy atom. The Morgan fingerprint density at radius 2 is 2.00 bits per heavy atom. The quantitative estimate of drug-likeness (QED) is 0.760. The molecule has 1 aliphatic rings. The van der Waals surface area contributed by atoms with Gasteiger partial charge in [-0.2, -0.15) is 13.2 Å². The molecule has 0 spiro atoms. The predicted molar refractivity (Wildman–Crippen MR) is 83.5 cm³/mol. The van der Waals surface area contributed by atoms with Crippen LogP contribution in [0.15, 0.2) is 30.5 Å². The van der Waals surface area contributed by atoms with E-state index in [-0.39, 0.29) is 12.8 Å². The van der Waals surface area contributed by atoms with E-state index in [9.17, 15) is 13.2 Å². The number of hydrogen-bond donors (Lipinski definition) is 0. The van der Waals surface area contributed by atoms with Crippen molar-refractivity contribution in [2.24, 2.45) is 5.92 Å². The van der Waals surface area contributed by atoms with Gasteiger partial charge in [-0.1, -0.05) is 24.3 Å². The molecule has 6 heteroatoms. The fourth-order valence-electron chi connectivity index (χ4n) is 2.84. The van der Waals surface area contributed by atoms with E-state index in [0.717, 1.165) is 26.0 Å². The molecule has 1 aromatic heterocycles. The molecule has 2 atom stereocenters. The van der Waals surface area contributed by atoms with Crippen molar-refractivity contribution >= 4 is 8.58 Å². The van der Waals surface area contributed by atoms with Crippen LogP contribution in [0.25, 0.3) is 11.3 Å². The Bertz CT molecular complexity index is 646. The summed E-state index contributed by atoms with van der Waals surface area (Å²) in [5, 5.41) is 0. The third-order valence-corrected chi connectivity index (χ3v) is 4.86. The minimum atomic E-state index is -4.13. The topological polar surface area (TPSA) is 17.8 Å². The summed E-state index contributed by atoms with van der Waals surface area (Å²) in [4.78, 5) is 4.43. The van der Waals surface area contributed by atoms with Gasteiger partial charge in [-0.15, -0.1) is 8.58 Å². The number of aromatic nitrogens is 2. The zero-order valence-electron chi connectivity index (χ0n) is 12.3. The molecule has 0 aliphatic carbocycles. The molecule has 0 bridgehead atoms. The number of aryl methyl sites for hydroxylation is 1. The zero-order chi connectivity index (χ0) is 15.7. The van der Waals surface area contributed by atoms with Crippen molar-refractivity contribution in [3.63, 3.8) is 0 Å². The summed E-state index contributed by atoms with van der Waals surface area (Å²) >= 11 is 0. The van der Waals surface area contributed by atoms with E-state index in [2.05, 4.69) is 23.8 Å². The normalized spacial score (nSPS) is 18.8. The van der Waals surface area contributed by atoms with Crippen molar-refractivity contribution in [1.29, 1.82) is 0 Å². The van der Waals surface area contributed by atoms with Crippen molar-refractivity contribution in [1.82, 2.24) is 9.55 Å². The lowest BCUT2D eigenvalue weighted by Crippen LogP contribution is -2.31. The molecular weight excluding hydrogens is 308 g/mol. The number of rotatable bonds is 3. The summed E-state index contributed by atoms with van der Waals surface area (Å²) in [5.74, 6) is -0.717. The number of hydrogen-bond acceptors (Lipinski definition) is 1. The van der Waals surface area contributed by atoms with Crippen molar-refractivity contribution in [2.45, 2.75) is 31.7 Å². The first-order valence-electron chi connectivity index (χ1n) is 7.34. The summed E-state index contributed by atoms with van der Waals surface area (Å²) in [6.07, 6.45) is -1.06. The van der Waals surface area contributed by atoms with Gasteiger partial charge >= 0.3 is 6.18 Å². The van der Waals surface area contributed by atoms with E-state index >= 15 is 0 Å². The van der Waals surface area contributed by atoms with Gasteiger partial charge in [0.15, 0.2) is 0 Å². The van der Waals surface area contributed by atoms with Gasteiger partial charge in [0.2, 0.25) is 0 Å². The van der Waals surface area contributed by atoms with Gasteiger partial charge in [0, 0.05) is 24.7 Å². The van der Waals surface area contributed by atoms with Crippen LogP contribution in [0.2, 0.25) is 0 Å². The van der Waals surface area contributed by atoms with Crippen molar-refractivity contribution < 1.29 is 13.2 Å². The monoisotopic (exact) mass is 326 g/mol. The third-order valence-electron chi connectivity index (χ3n) is 4.10. The summed E-state index contributed by atoms with van der Waals surface area (Å²) < 4.78 is 40.4. The number of nitrogens with zero attached hydrogens (tertiary/aromatic N) is 2. The highest BCUT2D eigenvalue weighted by Crippen LogP contribution is 2.35. The number of halogens is 3. The maximum atomic E-state index is 12.8. The molecule has 1 aromatic carbocycles. The fourth-order valence-corrected chi connectivity index (χ4v) is 3.49. The highest BCUT2D eigenvalue weighted by Gasteiger charge is 2.41. The van der Waals surface area contributed by atoms with Crippen LogP contribution in [0.3, 0.4) is 0 Å². The zero-order valence-corrected chi connectivity index (χ0v) is 13.3. The Labute approximate surface area is 129 Å². The third kappa shape index (κ3) is 3.19. The molecule has 2 nitrogen and oxygen atoms in total. The van der Waals surface area contributed by atoms with Crippen LogP contribution in [0.1, 0.15) is 17.8 Å². The lowest BCUT2D eigenvalue weighted by atomic mass is 9.97. The van der Waals surface area contributed by atoms with Gasteiger partial charge < -0.3 is 4.57 Å². The second-order valence-corrected chi connectivity index (χ2v) is 6.76. The SMILES string of the molecule is CPCc1ccc(-c2cn3c(n2)CC(C(F)(F)F)CC3)cc1. The first-order valence-corrected chi connectivity index (χ1v) is 9.05. The van der Waals surface area contributed by atoms with Crippen LogP contribution < -0.4 is 0 Å². The predicted octanol–water partition coefficient (Wildman–Crippen LogP) is 4.48. The highest BCUT2D eigenvalue weighted by atomic mass is 31.1. The van der Waals surface area contributed by atoms with Crippen LogP contribution >= 0.6 is 8.58 Å². The second-order valence-electron chi connectivity index (χ2n) is 5.69. The molecule has 0 fully saturated rings. The van der Waals surface area contributed by atoms with E-state index in [1.54, 1.807) is 0 Å². The van der Waals surface area contributed by atoms with Gasteiger partial charge in [0.1, 0.15) is 5.82 Å². The molecule has 118 valence electrons. The van der Waals surface area contributed by atoms with Gasteiger partial charge in [-0.25, -0.2) is 4.98 Å². The van der Waals surface area contributed by atoms with Gasteiger partial charge in [0.05, 0.1) is 11.6 Å². The largest absolute Gasteiger partial charge is 0.392 e. The van der Waals surface area contributed by atoms with Crippen LogP contribution in [-0.2, 0) is 19.1 Å². The van der Waals surface area contributed by atoms with Crippen LogP contribution in [-0.4, -0.2) is 22.4 Å².